The van der Waals surface area contributed by atoms with Gasteiger partial charge in [0.05, 0.1) is 0 Å². The molecule has 0 amide bonds. The van der Waals surface area contributed by atoms with E-state index < -0.39 is 0 Å². The lowest BCUT2D eigenvalue weighted by Crippen LogP contribution is -2.39. The van der Waals surface area contributed by atoms with Gasteiger partial charge in [-0.15, -0.1) is 11.3 Å². The third-order valence-electron chi connectivity index (χ3n) is 3.62. The topological polar surface area (TPSA) is 56.0 Å². The van der Waals surface area contributed by atoms with E-state index in [1.165, 1.54) is 22.6 Å². The fourth-order valence-electron chi connectivity index (χ4n) is 2.30. The Hall–Kier alpha value is -1.66. The largest absolute Gasteiger partial charge is 0.330 e. The minimum Gasteiger partial charge on any atom is -0.304 e. The molecule has 0 aliphatic carbocycles. The maximum Gasteiger partial charge on any atom is 0.330 e. The van der Waals surface area contributed by atoms with Gasteiger partial charge in [0.2, 0.25) is 0 Å². The molecule has 0 aliphatic heterocycles. The van der Waals surface area contributed by atoms with Crippen molar-refractivity contribution in [2.45, 2.75) is 32.4 Å². The second-order valence-electron chi connectivity index (χ2n) is 5.11. The fraction of sp³-hybridized carbons (Fsp3) is 0.467. The molecule has 0 saturated carbocycles. The maximum atomic E-state index is 11.9. The number of aromatic nitrogens is 2. The van der Waals surface area contributed by atoms with Gasteiger partial charge in [-0.25, -0.2) is 4.79 Å². The van der Waals surface area contributed by atoms with Gasteiger partial charge in [-0.3, -0.25) is 13.9 Å². The lowest BCUT2D eigenvalue weighted by molar-refractivity contribution is 0.484. The second-order valence-corrected chi connectivity index (χ2v) is 6.09. The minimum absolute atomic E-state index is 0.258. The van der Waals surface area contributed by atoms with Crippen molar-refractivity contribution in [1.29, 1.82) is 0 Å². The molecular formula is C15H21N3O2S. The summed E-state index contributed by atoms with van der Waals surface area (Å²) in [5, 5.41) is 5.52. The zero-order chi connectivity index (χ0) is 15.4. The van der Waals surface area contributed by atoms with E-state index in [1.54, 1.807) is 18.4 Å². The molecule has 2 aromatic heterocycles. The zero-order valence-corrected chi connectivity index (χ0v) is 13.4. The summed E-state index contributed by atoms with van der Waals surface area (Å²) in [6, 6.07) is 5.93. The van der Waals surface area contributed by atoms with E-state index in [4.69, 9.17) is 0 Å². The Kier molecular flexibility index (Phi) is 5.14. The van der Waals surface area contributed by atoms with Crippen LogP contribution >= 0.6 is 11.3 Å². The molecule has 2 heterocycles. The second kappa shape index (κ2) is 6.87. The average molecular weight is 307 g/mol. The number of hydrogen-bond acceptors (Lipinski definition) is 4. The van der Waals surface area contributed by atoms with Crippen molar-refractivity contribution in [3.05, 3.63) is 55.0 Å². The van der Waals surface area contributed by atoms with Gasteiger partial charge in [-0.1, -0.05) is 19.4 Å². The molecule has 21 heavy (non-hydrogen) atoms. The first-order chi connectivity index (χ1) is 10.0. The van der Waals surface area contributed by atoms with Gasteiger partial charge in [0.1, 0.15) is 0 Å². The third-order valence-corrected chi connectivity index (χ3v) is 4.60. The summed E-state index contributed by atoms with van der Waals surface area (Å²) in [7, 11) is 3.19. The van der Waals surface area contributed by atoms with Crippen molar-refractivity contribution in [3.8, 4) is 0 Å². The van der Waals surface area contributed by atoms with Crippen LogP contribution in [0.2, 0.25) is 0 Å². The van der Waals surface area contributed by atoms with E-state index in [1.807, 2.05) is 6.07 Å². The van der Waals surface area contributed by atoms with Gasteiger partial charge in [0.25, 0.3) is 5.56 Å². The summed E-state index contributed by atoms with van der Waals surface area (Å²) in [4.78, 5) is 24.9. The average Bonchev–Trinajstić information content (AvgIpc) is 3.00. The first-order valence-corrected chi connectivity index (χ1v) is 7.95. The van der Waals surface area contributed by atoms with Crippen molar-refractivity contribution in [3.63, 3.8) is 0 Å². The third kappa shape index (κ3) is 3.51. The molecule has 1 atom stereocenters. The van der Waals surface area contributed by atoms with Crippen molar-refractivity contribution >= 4 is 11.3 Å². The molecule has 2 aromatic rings. The van der Waals surface area contributed by atoms with Crippen LogP contribution in [-0.4, -0.2) is 9.13 Å². The van der Waals surface area contributed by atoms with E-state index in [0.717, 1.165) is 17.4 Å². The Bertz CT molecular complexity index is 701. The molecule has 0 spiro atoms. The van der Waals surface area contributed by atoms with Gasteiger partial charge in [0, 0.05) is 43.3 Å². The lowest BCUT2D eigenvalue weighted by Gasteiger charge is -2.18. The van der Waals surface area contributed by atoms with Gasteiger partial charge in [-0.05, 0) is 17.9 Å². The first-order valence-electron chi connectivity index (χ1n) is 7.07. The molecule has 0 aliphatic rings. The standard InChI is InChI=1S/C15H21N3O2S/c1-4-6-12(13-7-5-8-21-13)16-10-11-9-14(19)18(3)15(20)17(11)2/h5,7-9,12,16H,4,6,10H2,1-3H3. The molecule has 0 radical (unpaired) electrons. The molecule has 6 heteroatoms. The number of thiophene rings is 1. The first kappa shape index (κ1) is 15.7. The molecule has 0 fully saturated rings. The molecule has 0 saturated heterocycles. The fourth-order valence-corrected chi connectivity index (χ4v) is 3.14. The molecule has 0 aromatic carbocycles. The summed E-state index contributed by atoms with van der Waals surface area (Å²) in [6.45, 7) is 2.65. The summed E-state index contributed by atoms with van der Waals surface area (Å²) < 4.78 is 2.64. The molecule has 114 valence electrons. The van der Waals surface area contributed by atoms with Crippen LogP contribution in [0.15, 0.2) is 33.2 Å². The molecule has 1 N–H and O–H groups in total. The smallest absolute Gasteiger partial charge is 0.304 e. The van der Waals surface area contributed by atoms with Crippen molar-refractivity contribution < 1.29 is 0 Å². The predicted octanol–water partition coefficient (Wildman–Crippen LogP) is 1.78. The quantitative estimate of drug-likeness (QED) is 0.885. The Labute approximate surface area is 127 Å². The number of hydrogen-bond donors (Lipinski definition) is 1. The Morgan fingerprint density at radius 3 is 2.67 bits per heavy atom. The highest BCUT2D eigenvalue weighted by atomic mass is 32.1. The highest BCUT2D eigenvalue weighted by Gasteiger charge is 2.12. The van der Waals surface area contributed by atoms with Gasteiger partial charge in [-0.2, -0.15) is 0 Å². The summed E-state index contributed by atoms with van der Waals surface area (Å²) in [6.07, 6.45) is 2.10. The number of rotatable bonds is 6. The summed E-state index contributed by atoms with van der Waals surface area (Å²) in [5.41, 5.74) is 0.154. The van der Waals surface area contributed by atoms with Crippen molar-refractivity contribution in [1.82, 2.24) is 14.5 Å². The monoisotopic (exact) mass is 307 g/mol. The van der Waals surface area contributed by atoms with Crippen LogP contribution in [0.3, 0.4) is 0 Å². The van der Waals surface area contributed by atoms with Gasteiger partial charge < -0.3 is 5.32 Å². The number of nitrogens with zero attached hydrogens (tertiary/aromatic N) is 2. The highest BCUT2D eigenvalue weighted by Crippen LogP contribution is 2.23. The minimum atomic E-state index is -0.289. The highest BCUT2D eigenvalue weighted by molar-refractivity contribution is 7.10. The van der Waals surface area contributed by atoms with E-state index in [2.05, 4.69) is 23.7 Å². The Morgan fingerprint density at radius 1 is 1.29 bits per heavy atom. The lowest BCUT2D eigenvalue weighted by atomic mass is 10.1. The van der Waals surface area contributed by atoms with Crippen LogP contribution < -0.4 is 16.6 Å². The van der Waals surface area contributed by atoms with Gasteiger partial charge >= 0.3 is 5.69 Å². The van der Waals surface area contributed by atoms with Crippen LogP contribution in [0.5, 0.6) is 0 Å². The maximum absolute atomic E-state index is 11.9. The van der Waals surface area contributed by atoms with Crippen LogP contribution in [0.4, 0.5) is 0 Å². The van der Waals surface area contributed by atoms with E-state index in [0.29, 0.717) is 12.2 Å². The molecule has 5 nitrogen and oxygen atoms in total. The van der Waals surface area contributed by atoms with E-state index >= 15 is 0 Å². The molecular weight excluding hydrogens is 286 g/mol. The Balaban J connectivity index is 2.19. The molecule has 1 unspecified atom stereocenters. The summed E-state index contributed by atoms with van der Waals surface area (Å²) in [5.74, 6) is 0. The SMILES string of the molecule is CCCC(NCc1cc(=O)n(C)c(=O)n1C)c1cccs1. The van der Waals surface area contributed by atoms with Crippen LogP contribution in [0, 0.1) is 0 Å². The normalized spacial score (nSPS) is 12.5. The van der Waals surface area contributed by atoms with E-state index in [9.17, 15) is 9.59 Å². The molecule has 2 rings (SSSR count). The number of nitrogens with one attached hydrogen (secondary N) is 1. The summed E-state index contributed by atoms with van der Waals surface area (Å²) >= 11 is 1.72. The van der Waals surface area contributed by atoms with Crippen LogP contribution in [-0.2, 0) is 20.6 Å². The molecule has 0 bridgehead atoms. The predicted molar refractivity (Wildman–Crippen MR) is 85.7 cm³/mol. The van der Waals surface area contributed by atoms with Crippen molar-refractivity contribution in [2.75, 3.05) is 0 Å². The van der Waals surface area contributed by atoms with E-state index in [-0.39, 0.29) is 17.3 Å². The van der Waals surface area contributed by atoms with Crippen molar-refractivity contribution in [2.24, 2.45) is 14.1 Å². The Morgan fingerprint density at radius 2 is 2.05 bits per heavy atom. The zero-order valence-electron chi connectivity index (χ0n) is 12.6. The van der Waals surface area contributed by atoms with Crippen LogP contribution in [0.1, 0.15) is 36.4 Å². The van der Waals surface area contributed by atoms with Crippen LogP contribution in [0.25, 0.3) is 0 Å². The van der Waals surface area contributed by atoms with Gasteiger partial charge in [0.15, 0.2) is 0 Å².